The first-order valence-electron chi connectivity index (χ1n) is 5.07. The van der Waals surface area contributed by atoms with E-state index in [0.717, 1.165) is 11.0 Å². The van der Waals surface area contributed by atoms with E-state index in [1.165, 1.54) is 6.47 Å². The minimum Gasteiger partial charge on any atom is -0.449 e. The van der Waals surface area contributed by atoms with Gasteiger partial charge in [0.2, 0.25) is 0 Å². The molecule has 0 unspecified atom stereocenters. The summed E-state index contributed by atoms with van der Waals surface area (Å²) >= 11 is 0. The van der Waals surface area contributed by atoms with Gasteiger partial charge in [-0.25, -0.2) is 9.78 Å². The highest BCUT2D eigenvalue weighted by Gasteiger charge is 2.20. The Morgan fingerprint density at radius 3 is 2.94 bits per heavy atom. The van der Waals surface area contributed by atoms with E-state index < -0.39 is 5.60 Å². The average molecular weight is 217 g/mol. The third kappa shape index (κ3) is 2.05. The van der Waals surface area contributed by atoms with Crippen LogP contribution in [-0.2, 0) is 16.1 Å². The molecular weight excluding hydrogens is 204 g/mol. The van der Waals surface area contributed by atoms with E-state index in [2.05, 4.69) is 4.98 Å². The van der Waals surface area contributed by atoms with Gasteiger partial charge in [-0.05, 0) is 26.0 Å². The number of ether oxygens (including phenoxy) is 1. The Morgan fingerprint density at radius 1 is 1.44 bits per heavy atom. The number of rotatable bonds is 4. The van der Waals surface area contributed by atoms with Gasteiger partial charge in [-0.2, -0.15) is 0 Å². The Labute approximate surface area is 93.9 Å². The van der Waals surface area contributed by atoms with Crippen molar-refractivity contribution in [2.75, 3.05) is 0 Å². The minimum absolute atomic E-state index is 0.558. The summed E-state index contributed by atoms with van der Waals surface area (Å²) in [7, 11) is 0. The van der Waals surface area contributed by atoms with Crippen molar-refractivity contribution in [1.82, 2.24) is 9.55 Å². The summed E-state index contributed by atoms with van der Waals surface area (Å²) in [5, 5.41) is 0. The van der Waals surface area contributed by atoms with Crippen molar-refractivity contribution in [2.45, 2.75) is 26.0 Å². The normalized spacial score (nSPS) is 11.6. The summed E-state index contributed by atoms with van der Waals surface area (Å²) in [5.41, 5.74) is 1.39. The topological polar surface area (TPSA) is 44.1 Å². The molecule has 0 bridgehead atoms. The van der Waals surface area contributed by atoms with Gasteiger partial charge in [-0.15, -0.1) is 0 Å². The molecule has 16 heavy (non-hydrogen) atoms. The molecule has 1 aromatic carbocycles. The van der Waals surface area contributed by atoms with Crippen molar-refractivity contribution < 1.29 is 9.53 Å². The van der Waals surface area contributed by atoms with E-state index in [1.807, 2.05) is 42.7 Å². The Morgan fingerprint density at radius 2 is 2.19 bits per heavy atom. The van der Waals surface area contributed by atoms with Crippen molar-refractivity contribution in [3.05, 3.63) is 30.6 Å². The molecule has 0 N–H and O–H groups in total. The molecule has 0 aliphatic carbocycles. The second-order valence-corrected chi connectivity index (χ2v) is 4.31. The molecule has 1 heterocycles. The highest BCUT2D eigenvalue weighted by molar-refractivity contribution is 5.74. The van der Waals surface area contributed by atoms with E-state index in [9.17, 15) is 4.79 Å². The third-order valence-corrected chi connectivity index (χ3v) is 2.40. The quantitative estimate of drug-likeness (QED) is 0.785. The standard InChI is InChI=1S/C12H13N2O2/c1-12(2,16-9-15)7-14-8-13-10-5-3-4-6-11(10)14/h3-6,8H,7H2,1-2H3. The fourth-order valence-electron chi connectivity index (χ4n) is 1.69. The minimum atomic E-state index is -0.578. The number of hydrogen-bond donors (Lipinski definition) is 0. The van der Waals surface area contributed by atoms with Gasteiger partial charge in [0.25, 0.3) is 0 Å². The van der Waals surface area contributed by atoms with Crippen LogP contribution in [0.5, 0.6) is 0 Å². The van der Waals surface area contributed by atoms with Gasteiger partial charge in [-0.3, -0.25) is 0 Å². The largest absolute Gasteiger partial charge is 0.449 e. The van der Waals surface area contributed by atoms with Gasteiger partial charge in [0.1, 0.15) is 5.60 Å². The van der Waals surface area contributed by atoms with Crippen LogP contribution in [0.15, 0.2) is 30.6 Å². The maximum Gasteiger partial charge on any atom is 0.418 e. The van der Waals surface area contributed by atoms with Crippen LogP contribution in [0.4, 0.5) is 0 Å². The van der Waals surface area contributed by atoms with E-state index in [-0.39, 0.29) is 0 Å². The van der Waals surface area contributed by atoms with Crippen molar-refractivity contribution in [2.24, 2.45) is 0 Å². The Bertz CT molecular complexity index is 502. The second kappa shape index (κ2) is 3.96. The fraction of sp³-hybridized carbons (Fsp3) is 0.333. The zero-order chi connectivity index (χ0) is 11.6. The molecule has 0 aliphatic heterocycles. The average Bonchev–Trinajstić information content (AvgIpc) is 2.61. The molecule has 0 atom stereocenters. The molecule has 2 aromatic rings. The smallest absolute Gasteiger partial charge is 0.418 e. The van der Waals surface area contributed by atoms with Crippen LogP contribution in [0.2, 0.25) is 0 Å². The van der Waals surface area contributed by atoms with Crippen molar-refractivity contribution in [1.29, 1.82) is 0 Å². The zero-order valence-corrected chi connectivity index (χ0v) is 9.30. The van der Waals surface area contributed by atoms with Gasteiger partial charge in [0.15, 0.2) is 0 Å². The Kier molecular flexibility index (Phi) is 2.64. The molecule has 4 nitrogen and oxygen atoms in total. The highest BCUT2D eigenvalue weighted by Crippen LogP contribution is 2.17. The van der Waals surface area contributed by atoms with Crippen LogP contribution < -0.4 is 0 Å². The molecule has 0 aliphatic rings. The Hall–Kier alpha value is -1.84. The zero-order valence-electron chi connectivity index (χ0n) is 9.30. The first-order chi connectivity index (χ1) is 7.62. The molecule has 0 spiro atoms. The van der Waals surface area contributed by atoms with E-state index in [1.54, 1.807) is 6.33 Å². The number of aromatic nitrogens is 2. The lowest BCUT2D eigenvalue weighted by atomic mass is 10.1. The fourth-order valence-corrected chi connectivity index (χ4v) is 1.69. The maximum absolute atomic E-state index is 10.2. The molecule has 1 aromatic heterocycles. The number of benzene rings is 1. The van der Waals surface area contributed by atoms with Crippen molar-refractivity contribution in [3.63, 3.8) is 0 Å². The number of para-hydroxylation sites is 2. The molecule has 83 valence electrons. The molecule has 0 fully saturated rings. The highest BCUT2D eigenvalue weighted by atomic mass is 16.5. The SMILES string of the molecule is CC(C)(Cn1cnc2ccccc21)O[C]=O. The molecule has 0 saturated heterocycles. The lowest BCUT2D eigenvalue weighted by molar-refractivity contribution is 0.0721. The lowest BCUT2D eigenvalue weighted by Crippen LogP contribution is -2.29. The van der Waals surface area contributed by atoms with Gasteiger partial charge in [0.05, 0.1) is 23.9 Å². The summed E-state index contributed by atoms with van der Waals surface area (Å²) in [6.07, 6.45) is 1.75. The van der Waals surface area contributed by atoms with Crippen LogP contribution in [0.3, 0.4) is 0 Å². The predicted molar refractivity (Wildman–Crippen MR) is 60.6 cm³/mol. The van der Waals surface area contributed by atoms with Crippen LogP contribution in [0, 0.1) is 0 Å². The van der Waals surface area contributed by atoms with E-state index >= 15 is 0 Å². The van der Waals surface area contributed by atoms with Crippen molar-refractivity contribution >= 4 is 17.5 Å². The molecule has 4 heteroatoms. The predicted octanol–water partition coefficient (Wildman–Crippen LogP) is 1.90. The maximum atomic E-state index is 10.2. The van der Waals surface area contributed by atoms with Crippen LogP contribution >= 0.6 is 0 Å². The number of imidazole rings is 1. The number of carbonyl (C=O) groups excluding carboxylic acids is 1. The molecular formula is C12H13N2O2. The first kappa shape index (κ1) is 10.7. The first-order valence-corrected chi connectivity index (χ1v) is 5.07. The van der Waals surface area contributed by atoms with Crippen LogP contribution in [0.1, 0.15) is 13.8 Å². The van der Waals surface area contributed by atoms with Crippen LogP contribution in [0.25, 0.3) is 11.0 Å². The molecule has 0 amide bonds. The second-order valence-electron chi connectivity index (χ2n) is 4.31. The van der Waals surface area contributed by atoms with Gasteiger partial charge < -0.3 is 9.30 Å². The third-order valence-electron chi connectivity index (χ3n) is 2.40. The monoisotopic (exact) mass is 217 g/mol. The Balaban J connectivity index is 2.31. The number of hydrogen-bond acceptors (Lipinski definition) is 3. The van der Waals surface area contributed by atoms with Gasteiger partial charge in [-0.1, -0.05) is 12.1 Å². The van der Waals surface area contributed by atoms with Gasteiger partial charge >= 0.3 is 6.47 Å². The van der Waals surface area contributed by atoms with E-state index in [0.29, 0.717) is 6.54 Å². The summed E-state index contributed by atoms with van der Waals surface area (Å²) in [6, 6.07) is 7.84. The van der Waals surface area contributed by atoms with Crippen molar-refractivity contribution in [3.8, 4) is 0 Å². The van der Waals surface area contributed by atoms with E-state index in [4.69, 9.17) is 4.74 Å². The molecule has 0 saturated carbocycles. The van der Waals surface area contributed by atoms with Gasteiger partial charge in [0, 0.05) is 0 Å². The summed E-state index contributed by atoms with van der Waals surface area (Å²) in [5.74, 6) is 0. The molecule has 1 radical (unpaired) electrons. The number of nitrogens with zero attached hydrogens (tertiary/aromatic N) is 2. The number of fused-ring (bicyclic) bond motifs is 1. The van der Waals surface area contributed by atoms with Crippen LogP contribution in [-0.4, -0.2) is 21.6 Å². The summed E-state index contributed by atoms with van der Waals surface area (Å²) in [4.78, 5) is 14.5. The summed E-state index contributed by atoms with van der Waals surface area (Å²) in [6.45, 7) is 5.72. The summed E-state index contributed by atoms with van der Waals surface area (Å²) < 4.78 is 6.86. The molecule has 2 rings (SSSR count). The lowest BCUT2D eigenvalue weighted by Gasteiger charge is -2.22.